The Bertz CT molecular complexity index is 397. The van der Waals surface area contributed by atoms with E-state index >= 15 is 0 Å². The molecule has 16 heavy (non-hydrogen) atoms. The van der Waals surface area contributed by atoms with Gasteiger partial charge in [0.25, 0.3) is 0 Å². The summed E-state index contributed by atoms with van der Waals surface area (Å²) in [5.41, 5.74) is 2.21. The summed E-state index contributed by atoms with van der Waals surface area (Å²) in [6.07, 6.45) is 0. The second kappa shape index (κ2) is 4.53. The number of benzene rings is 1. The van der Waals surface area contributed by atoms with E-state index in [4.69, 9.17) is 9.84 Å². The van der Waals surface area contributed by atoms with Crippen molar-refractivity contribution in [2.24, 2.45) is 0 Å². The minimum Gasteiger partial charge on any atom is -0.478 e. The van der Waals surface area contributed by atoms with Crippen LogP contribution in [0.5, 0.6) is 0 Å². The van der Waals surface area contributed by atoms with E-state index in [1.165, 1.54) is 0 Å². The Balaban J connectivity index is 2.33. The quantitative estimate of drug-likeness (QED) is 0.822. The van der Waals surface area contributed by atoms with Gasteiger partial charge in [0.1, 0.15) is 0 Å². The molecule has 1 aliphatic heterocycles. The summed E-state index contributed by atoms with van der Waals surface area (Å²) >= 11 is 0. The lowest BCUT2D eigenvalue weighted by atomic mass is 10.1. The average molecular weight is 221 g/mol. The molecule has 0 aliphatic carbocycles. The van der Waals surface area contributed by atoms with Crippen molar-refractivity contribution in [3.8, 4) is 0 Å². The molecule has 1 saturated heterocycles. The molecule has 86 valence electrons. The summed E-state index contributed by atoms with van der Waals surface area (Å²) in [7, 11) is 0. The van der Waals surface area contributed by atoms with Crippen LogP contribution in [0.15, 0.2) is 18.2 Å². The maximum atomic E-state index is 11.0. The van der Waals surface area contributed by atoms with Crippen LogP contribution in [-0.2, 0) is 4.74 Å². The van der Waals surface area contributed by atoms with Crippen molar-refractivity contribution in [2.45, 2.75) is 6.92 Å². The number of anilines is 1. The highest BCUT2D eigenvalue weighted by Crippen LogP contribution is 2.23. The zero-order valence-corrected chi connectivity index (χ0v) is 9.27. The average Bonchev–Trinajstić information content (AvgIpc) is 2.30. The zero-order valence-electron chi connectivity index (χ0n) is 9.27. The first-order valence-electron chi connectivity index (χ1n) is 5.36. The Morgan fingerprint density at radius 2 is 2.06 bits per heavy atom. The van der Waals surface area contributed by atoms with Gasteiger partial charge >= 0.3 is 5.97 Å². The smallest absolute Gasteiger partial charge is 0.336 e. The van der Waals surface area contributed by atoms with Crippen LogP contribution >= 0.6 is 0 Å². The molecule has 0 amide bonds. The maximum Gasteiger partial charge on any atom is 0.336 e. The first-order valence-corrected chi connectivity index (χ1v) is 5.36. The van der Waals surface area contributed by atoms with Gasteiger partial charge in [0.15, 0.2) is 0 Å². The summed E-state index contributed by atoms with van der Waals surface area (Å²) in [6.45, 7) is 4.91. The van der Waals surface area contributed by atoms with Gasteiger partial charge in [0.2, 0.25) is 0 Å². The number of morpholine rings is 1. The third-order valence-corrected chi connectivity index (χ3v) is 2.89. The first-order chi connectivity index (χ1) is 7.70. The molecule has 0 bridgehead atoms. The lowest BCUT2D eigenvalue weighted by molar-refractivity contribution is 0.0696. The molecule has 1 aromatic carbocycles. The number of hydrogen-bond acceptors (Lipinski definition) is 3. The number of aromatic carboxylic acids is 1. The lowest BCUT2D eigenvalue weighted by Gasteiger charge is -2.30. The zero-order chi connectivity index (χ0) is 11.5. The number of carboxylic acids is 1. The standard InChI is InChI=1S/C12H15NO3/c1-9-10(12(14)15)3-2-4-11(9)13-5-7-16-8-6-13/h2-4H,5-8H2,1H3,(H,14,15). The van der Waals surface area contributed by atoms with Crippen LogP contribution in [0.1, 0.15) is 15.9 Å². The van der Waals surface area contributed by atoms with E-state index in [0.29, 0.717) is 18.8 Å². The number of carbonyl (C=O) groups is 1. The van der Waals surface area contributed by atoms with Crippen molar-refractivity contribution in [1.29, 1.82) is 0 Å². The fraction of sp³-hybridized carbons (Fsp3) is 0.417. The molecule has 0 spiro atoms. The van der Waals surface area contributed by atoms with Crippen LogP contribution in [-0.4, -0.2) is 37.4 Å². The van der Waals surface area contributed by atoms with E-state index in [-0.39, 0.29) is 0 Å². The number of nitrogens with zero attached hydrogens (tertiary/aromatic N) is 1. The minimum absolute atomic E-state index is 0.379. The normalized spacial score (nSPS) is 16.2. The van der Waals surface area contributed by atoms with Gasteiger partial charge < -0.3 is 14.7 Å². The molecule has 1 aromatic rings. The summed E-state index contributed by atoms with van der Waals surface area (Å²) in [5, 5.41) is 9.05. The second-order valence-corrected chi connectivity index (χ2v) is 3.85. The Kier molecular flexibility index (Phi) is 3.10. The molecule has 0 unspecified atom stereocenters. The van der Waals surface area contributed by atoms with E-state index in [2.05, 4.69) is 4.90 Å². The van der Waals surface area contributed by atoms with E-state index in [0.717, 1.165) is 24.3 Å². The molecular formula is C12H15NO3. The van der Waals surface area contributed by atoms with E-state index < -0.39 is 5.97 Å². The fourth-order valence-electron chi connectivity index (χ4n) is 2.00. The number of rotatable bonds is 2. The van der Waals surface area contributed by atoms with E-state index in [1.54, 1.807) is 12.1 Å². The van der Waals surface area contributed by atoms with Crippen molar-refractivity contribution in [1.82, 2.24) is 0 Å². The predicted molar refractivity (Wildman–Crippen MR) is 61.2 cm³/mol. The highest BCUT2D eigenvalue weighted by Gasteiger charge is 2.16. The molecule has 0 atom stereocenters. The first kappa shape index (κ1) is 11.0. The minimum atomic E-state index is -0.868. The highest BCUT2D eigenvalue weighted by molar-refractivity contribution is 5.91. The van der Waals surface area contributed by atoms with Gasteiger partial charge in [-0.15, -0.1) is 0 Å². The largest absolute Gasteiger partial charge is 0.478 e. The molecule has 1 N–H and O–H groups in total. The summed E-state index contributed by atoms with van der Waals surface area (Å²) in [4.78, 5) is 13.2. The molecule has 1 fully saturated rings. The van der Waals surface area contributed by atoms with Crippen molar-refractivity contribution in [3.05, 3.63) is 29.3 Å². The summed E-state index contributed by atoms with van der Waals surface area (Å²) in [5.74, 6) is -0.868. The monoisotopic (exact) mass is 221 g/mol. The van der Waals surface area contributed by atoms with Crippen LogP contribution in [0, 0.1) is 6.92 Å². The number of carboxylic acid groups (broad SMARTS) is 1. The summed E-state index contributed by atoms with van der Waals surface area (Å²) in [6, 6.07) is 5.40. The van der Waals surface area contributed by atoms with Crippen LogP contribution < -0.4 is 4.90 Å². The van der Waals surface area contributed by atoms with Crippen molar-refractivity contribution >= 4 is 11.7 Å². The highest BCUT2D eigenvalue weighted by atomic mass is 16.5. The number of ether oxygens (including phenoxy) is 1. The Hall–Kier alpha value is -1.55. The van der Waals surface area contributed by atoms with Gasteiger partial charge in [-0.1, -0.05) is 6.07 Å². The molecular weight excluding hydrogens is 206 g/mol. The molecule has 1 aliphatic rings. The second-order valence-electron chi connectivity index (χ2n) is 3.85. The Morgan fingerprint density at radius 3 is 2.69 bits per heavy atom. The van der Waals surface area contributed by atoms with Crippen LogP contribution in [0.3, 0.4) is 0 Å². The van der Waals surface area contributed by atoms with Gasteiger partial charge in [-0.25, -0.2) is 4.79 Å². The number of hydrogen-bond donors (Lipinski definition) is 1. The van der Waals surface area contributed by atoms with E-state index in [9.17, 15) is 4.79 Å². The molecule has 4 heteroatoms. The fourth-order valence-corrected chi connectivity index (χ4v) is 2.00. The van der Waals surface area contributed by atoms with E-state index in [1.807, 2.05) is 13.0 Å². The summed E-state index contributed by atoms with van der Waals surface area (Å²) < 4.78 is 5.28. The molecule has 0 saturated carbocycles. The predicted octanol–water partition coefficient (Wildman–Crippen LogP) is 1.53. The maximum absolute atomic E-state index is 11.0. The van der Waals surface area contributed by atoms with Gasteiger partial charge in [0.05, 0.1) is 18.8 Å². The van der Waals surface area contributed by atoms with Gasteiger partial charge in [-0.05, 0) is 24.6 Å². The van der Waals surface area contributed by atoms with Crippen LogP contribution in [0.4, 0.5) is 5.69 Å². The molecule has 1 heterocycles. The topological polar surface area (TPSA) is 49.8 Å². The van der Waals surface area contributed by atoms with Gasteiger partial charge in [-0.2, -0.15) is 0 Å². The van der Waals surface area contributed by atoms with Crippen molar-refractivity contribution in [3.63, 3.8) is 0 Å². The van der Waals surface area contributed by atoms with Gasteiger partial charge in [-0.3, -0.25) is 0 Å². The Labute approximate surface area is 94.4 Å². The Morgan fingerprint density at radius 1 is 1.38 bits per heavy atom. The molecule has 2 rings (SSSR count). The van der Waals surface area contributed by atoms with Crippen molar-refractivity contribution in [2.75, 3.05) is 31.2 Å². The van der Waals surface area contributed by atoms with Gasteiger partial charge in [0, 0.05) is 18.8 Å². The molecule has 4 nitrogen and oxygen atoms in total. The third-order valence-electron chi connectivity index (χ3n) is 2.89. The third kappa shape index (κ3) is 2.02. The molecule has 0 radical (unpaired) electrons. The van der Waals surface area contributed by atoms with Crippen LogP contribution in [0.25, 0.3) is 0 Å². The van der Waals surface area contributed by atoms with Crippen LogP contribution in [0.2, 0.25) is 0 Å². The lowest BCUT2D eigenvalue weighted by Crippen LogP contribution is -2.36. The molecule has 0 aromatic heterocycles. The van der Waals surface area contributed by atoms with Crippen molar-refractivity contribution < 1.29 is 14.6 Å². The SMILES string of the molecule is Cc1c(C(=O)O)cccc1N1CCOCC1.